The number of rotatable bonds is 4. The zero-order valence-corrected chi connectivity index (χ0v) is 13.8. The lowest BCUT2D eigenvalue weighted by molar-refractivity contribution is 0.306. The van der Waals surface area contributed by atoms with Crippen LogP contribution >= 0.6 is 11.6 Å². The minimum Gasteiger partial charge on any atom is -0.489 e. The van der Waals surface area contributed by atoms with E-state index < -0.39 is 0 Å². The Morgan fingerprint density at radius 2 is 1.88 bits per heavy atom. The number of ether oxygens (including phenoxy) is 1. The first-order valence-electron chi connectivity index (χ1n) is 7.68. The third-order valence-corrected chi connectivity index (χ3v) is 3.99. The maximum absolute atomic E-state index is 12.4. The maximum Gasteiger partial charge on any atom is 0.193 e. The molecule has 2 aromatic carbocycles. The number of benzene rings is 2. The fraction of sp³-hybridized carbons (Fsp3) is 0.0500. The molecule has 4 nitrogen and oxygen atoms in total. The molecule has 4 rings (SSSR count). The van der Waals surface area contributed by atoms with Gasteiger partial charge in [0.15, 0.2) is 16.9 Å². The highest BCUT2D eigenvalue weighted by molar-refractivity contribution is 6.30. The molecule has 5 heteroatoms. The lowest BCUT2D eigenvalue weighted by atomic mass is 10.2. The van der Waals surface area contributed by atoms with Crippen molar-refractivity contribution in [3.8, 4) is 17.3 Å². The van der Waals surface area contributed by atoms with E-state index in [2.05, 4.69) is 0 Å². The smallest absolute Gasteiger partial charge is 0.193 e. The highest BCUT2D eigenvalue weighted by Crippen LogP contribution is 2.25. The van der Waals surface area contributed by atoms with Crippen LogP contribution in [0.5, 0.6) is 5.75 Å². The van der Waals surface area contributed by atoms with E-state index in [9.17, 15) is 4.79 Å². The van der Waals surface area contributed by atoms with Crippen molar-refractivity contribution < 1.29 is 13.6 Å². The second-order valence-electron chi connectivity index (χ2n) is 5.53. The van der Waals surface area contributed by atoms with E-state index >= 15 is 0 Å². The molecule has 0 fully saturated rings. The largest absolute Gasteiger partial charge is 0.489 e. The molecule has 0 atom stereocenters. The van der Waals surface area contributed by atoms with Gasteiger partial charge in [-0.2, -0.15) is 0 Å². The van der Waals surface area contributed by atoms with Crippen molar-refractivity contribution in [2.75, 3.05) is 0 Å². The number of fused-ring (bicyclic) bond motifs is 1. The highest BCUT2D eigenvalue weighted by atomic mass is 35.5. The first kappa shape index (κ1) is 15.5. The molecule has 4 aromatic rings. The summed E-state index contributed by atoms with van der Waals surface area (Å²) in [6, 6.07) is 17.5. The number of furan rings is 1. The van der Waals surface area contributed by atoms with E-state index in [1.54, 1.807) is 30.3 Å². The molecular weight excluding hydrogens is 340 g/mol. The zero-order chi connectivity index (χ0) is 17.2. The van der Waals surface area contributed by atoms with Gasteiger partial charge in [0, 0.05) is 11.1 Å². The Labute approximate surface area is 148 Å². The summed E-state index contributed by atoms with van der Waals surface area (Å²) in [7, 11) is 0. The Balaban J connectivity index is 1.63. The summed E-state index contributed by atoms with van der Waals surface area (Å²) in [5.41, 5.74) is 1.28. The molecule has 0 amide bonds. The quantitative estimate of drug-likeness (QED) is 0.501. The second-order valence-corrected chi connectivity index (χ2v) is 5.97. The van der Waals surface area contributed by atoms with Crippen LogP contribution in [0.15, 0.2) is 80.6 Å². The molecule has 0 saturated carbocycles. The average molecular weight is 353 g/mol. The van der Waals surface area contributed by atoms with Gasteiger partial charge in [0.05, 0.1) is 11.6 Å². The van der Waals surface area contributed by atoms with Gasteiger partial charge in [-0.1, -0.05) is 23.7 Å². The van der Waals surface area contributed by atoms with Crippen molar-refractivity contribution in [3.63, 3.8) is 0 Å². The lowest BCUT2D eigenvalue weighted by Gasteiger charge is -2.08. The summed E-state index contributed by atoms with van der Waals surface area (Å²) >= 11 is 5.97. The van der Waals surface area contributed by atoms with Crippen molar-refractivity contribution in [3.05, 3.63) is 87.7 Å². The first-order valence-corrected chi connectivity index (χ1v) is 8.06. The standard InChI is InChI=1S/C20H13ClO4/c21-14-4-1-3-13(9-14)12-24-15-6-7-18-16(10-15)17(22)11-20(25-18)19-5-2-8-23-19/h1-11H,12H2. The maximum atomic E-state index is 12.4. The predicted molar refractivity (Wildman–Crippen MR) is 96.0 cm³/mol. The van der Waals surface area contributed by atoms with Crippen LogP contribution < -0.4 is 10.2 Å². The van der Waals surface area contributed by atoms with Crippen molar-refractivity contribution in [2.45, 2.75) is 6.61 Å². The van der Waals surface area contributed by atoms with Crippen LogP contribution in [0.1, 0.15) is 5.56 Å². The predicted octanol–water partition coefficient (Wildman–Crippen LogP) is 5.29. The van der Waals surface area contributed by atoms with E-state index in [1.165, 1.54) is 12.3 Å². The molecule has 124 valence electrons. The third kappa shape index (κ3) is 3.30. The SMILES string of the molecule is O=c1cc(-c2ccco2)oc2ccc(OCc3cccc(Cl)c3)cc12. The molecule has 0 N–H and O–H groups in total. The molecule has 0 spiro atoms. The monoisotopic (exact) mass is 352 g/mol. The number of halogens is 1. The van der Waals surface area contributed by atoms with Gasteiger partial charge in [0.25, 0.3) is 0 Å². The van der Waals surface area contributed by atoms with Crippen LogP contribution in [0.4, 0.5) is 0 Å². The van der Waals surface area contributed by atoms with Crippen LogP contribution in [0.3, 0.4) is 0 Å². The molecular formula is C20H13ClO4. The molecule has 0 aliphatic carbocycles. The Hall–Kier alpha value is -2.98. The van der Waals surface area contributed by atoms with Crippen molar-refractivity contribution in [2.24, 2.45) is 0 Å². The van der Waals surface area contributed by atoms with Crippen LogP contribution in [0, 0.1) is 0 Å². The van der Waals surface area contributed by atoms with Gasteiger partial charge in [0.2, 0.25) is 0 Å². The van der Waals surface area contributed by atoms with Gasteiger partial charge in [-0.05, 0) is 48.0 Å². The second kappa shape index (κ2) is 6.49. The van der Waals surface area contributed by atoms with Gasteiger partial charge >= 0.3 is 0 Å². The van der Waals surface area contributed by atoms with Crippen LogP contribution in [0.25, 0.3) is 22.5 Å². The van der Waals surface area contributed by atoms with Crippen LogP contribution in [0.2, 0.25) is 5.02 Å². The van der Waals surface area contributed by atoms with Crippen molar-refractivity contribution >= 4 is 22.6 Å². The molecule has 0 bridgehead atoms. The van der Waals surface area contributed by atoms with E-state index in [0.717, 1.165) is 5.56 Å². The molecule has 0 aliphatic rings. The lowest BCUT2D eigenvalue weighted by Crippen LogP contribution is -2.01. The van der Waals surface area contributed by atoms with E-state index in [0.29, 0.717) is 39.9 Å². The van der Waals surface area contributed by atoms with Gasteiger partial charge in [0.1, 0.15) is 17.9 Å². The summed E-state index contributed by atoms with van der Waals surface area (Å²) in [6.45, 7) is 0.363. The topological polar surface area (TPSA) is 52.6 Å². The minimum absolute atomic E-state index is 0.152. The summed E-state index contributed by atoms with van der Waals surface area (Å²) in [5, 5.41) is 1.12. The summed E-state index contributed by atoms with van der Waals surface area (Å²) < 4.78 is 16.8. The Morgan fingerprint density at radius 1 is 0.960 bits per heavy atom. The first-order chi connectivity index (χ1) is 12.2. The summed E-state index contributed by atoms with van der Waals surface area (Å²) in [4.78, 5) is 12.4. The fourth-order valence-electron chi connectivity index (χ4n) is 2.56. The van der Waals surface area contributed by atoms with E-state index in [-0.39, 0.29) is 5.43 Å². The summed E-state index contributed by atoms with van der Waals surface area (Å²) in [5.74, 6) is 1.50. The Bertz CT molecular complexity index is 1080. The average Bonchev–Trinajstić information content (AvgIpc) is 3.15. The minimum atomic E-state index is -0.152. The van der Waals surface area contributed by atoms with E-state index in [4.69, 9.17) is 25.2 Å². The van der Waals surface area contributed by atoms with Crippen LogP contribution in [-0.2, 0) is 6.61 Å². The van der Waals surface area contributed by atoms with Crippen LogP contribution in [-0.4, -0.2) is 0 Å². The molecule has 2 aromatic heterocycles. The Kier molecular flexibility index (Phi) is 4.04. The fourth-order valence-corrected chi connectivity index (χ4v) is 2.77. The number of hydrogen-bond donors (Lipinski definition) is 0. The molecule has 0 unspecified atom stereocenters. The molecule has 0 aliphatic heterocycles. The van der Waals surface area contributed by atoms with Gasteiger partial charge in [-0.25, -0.2) is 0 Å². The van der Waals surface area contributed by atoms with Gasteiger partial charge < -0.3 is 13.6 Å². The third-order valence-electron chi connectivity index (χ3n) is 3.76. The van der Waals surface area contributed by atoms with Crippen molar-refractivity contribution in [1.29, 1.82) is 0 Å². The molecule has 25 heavy (non-hydrogen) atoms. The number of hydrogen-bond acceptors (Lipinski definition) is 4. The Morgan fingerprint density at radius 3 is 2.68 bits per heavy atom. The van der Waals surface area contributed by atoms with E-state index in [1.807, 2.05) is 24.3 Å². The van der Waals surface area contributed by atoms with Gasteiger partial charge in [-0.15, -0.1) is 0 Å². The summed E-state index contributed by atoms with van der Waals surface area (Å²) in [6.07, 6.45) is 1.53. The normalized spacial score (nSPS) is 10.9. The highest BCUT2D eigenvalue weighted by Gasteiger charge is 2.10. The van der Waals surface area contributed by atoms with Gasteiger partial charge in [-0.3, -0.25) is 4.79 Å². The molecule has 0 saturated heterocycles. The molecule has 2 heterocycles. The van der Waals surface area contributed by atoms with Crippen molar-refractivity contribution in [1.82, 2.24) is 0 Å². The zero-order valence-electron chi connectivity index (χ0n) is 13.1. The molecule has 0 radical (unpaired) electrons.